The fourth-order valence-corrected chi connectivity index (χ4v) is 6.22. The van der Waals surface area contributed by atoms with Gasteiger partial charge in [0, 0.05) is 61.8 Å². The van der Waals surface area contributed by atoms with Gasteiger partial charge in [-0.25, -0.2) is 8.42 Å². The highest BCUT2D eigenvalue weighted by atomic mass is 32.2. The summed E-state index contributed by atoms with van der Waals surface area (Å²) in [5.41, 5.74) is 2.82. The fourth-order valence-electron chi connectivity index (χ4n) is 4.72. The van der Waals surface area contributed by atoms with E-state index < -0.39 is 10.0 Å². The van der Waals surface area contributed by atoms with Crippen molar-refractivity contribution in [2.24, 2.45) is 0 Å². The lowest BCUT2D eigenvalue weighted by atomic mass is 9.97. The molecule has 1 saturated heterocycles. The van der Waals surface area contributed by atoms with Crippen LogP contribution in [-0.4, -0.2) is 60.9 Å². The van der Waals surface area contributed by atoms with Gasteiger partial charge in [0.2, 0.25) is 10.0 Å². The van der Waals surface area contributed by atoms with Crippen molar-refractivity contribution in [3.63, 3.8) is 0 Å². The predicted molar refractivity (Wildman–Crippen MR) is 139 cm³/mol. The van der Waals surface area contributed by atoms with Crippen molar-refractivity contribution < 1.29 is 17.9 Å². The van der Waals surface area contributed by atoms with Crippen LogP contribution in [-0.2, 0) is 16.6 Å². The molecule has 0 saturated carbocycles. The monoisotopic (exact) mass is 497 g/mol. The minimum absolute atomic E-state index is 0.00255. The third kappa shape index (κ3) is 4.95. The van der Waals surface area contributed by atoms with Crippen molar-refractivity contribution in [1.82, 2.24) is 13.8 Å². The Bertz CT molecular complexity index is 1310. The van der Waals surface area contributed by atoms with Crippen LogP contribution in [0.25, 0.3) is 10.9 Å². The van der Waals surface area contributed by atoms with Crippen molar-refractivity contribution in [1.29, 1.82) is 0 Å². The molecule has 1 fully saturated rings. The standard InChI is InChI=1S/C27H35N3O4S/c1-6-28(5)27(31)20-8-13-24-25(18-29(7-2)26(24)16-20)21-14-15-30(17-21)35(32,33)23-11-9-22(10-12-23)34-19(3)4/h8-13,16,18-19,21H,6-7,14-15,17H2,1-5H3. The number of aromatic nitrogens is 1. The molecule has 8 heteroatoms. The summed E-state index contributed by atoms with van der Waals surface area (Å²) in [7, 11) is -1.79. The summed E-state index contributed by atoms with van der Waals surface area (Å²) in [4.78, 5) is 14.7. The molecule has 1 aliphatic heterocycles. The van der Waals surface area contributed by atoms with E-state index in [-0.39, 0.29) is 22.8 Å². The van der Waals surface area contributed by atoms with Crippen molar-refractivity contribution >= 4 is 26.8 Å². The highest BCUT2D eigenvalue weighted by molar-refractivity contribution is 7.89. The Hall–Kier alpha value is -2.84. The number of nitrogens with zero attached hydrogens (tertiary/aromatic N) is 3. The first-order valence-corrected chi connectivity index (χ1v) is 13.7. The Morgan fingerprint density at radius 3 is 2.49 bits per heavy atom. The molecule has 1 amide bonds. The maximum atomic E-state index is 13.3. The van der Waals surface area contributed by atoms with Crippen LogP contribution in [0.3, 0.4) is 0 Å². The Balaban J connectivity index is 1.58. The van der Waals surface area contributed by atoms with Crippen LogP contribution in [0, 0.1) is 0 Å². The number of ether oxygens (including phenoxy) is 1. The number of benzene rings is 2. The highest BCUT2D eigenvalue weighted by Gasteiger charge is 2.34. The van der Waals surface area contributed by atoms with Gasteiger partial charge in [-0.1, -0.05) is 6.07 Å². The maximum absolute atomic E-state index is 13.3. The third-order valence-corrected chi connectivity index (χ3v) is 8.63. The molecular weight excluding hydrogens is 462 g/mol. The van der Waals surface area contributed by atoms with Gasteiger partial charge in [-0.3, -0.25) is 4.79 Å². The van der Waals surface area contributed by atoms with E-state index in [4.69, 9.17) is 4.74 Å². The first-order chi connectivity index (χ1) is 16.6. The summed E-state index contributed by atoms with van der Waals surface area (Å²) in [5, 5.41) is 1.09. The van der Waals surface area contributed by atoms with Crippen molar-refractivity contribution in [2.45, 2.75) is 57.6 Å². The molecule has 1 unspecified atom stereocenters. The summed E-state index contributed by atoms with van der Waals surface area (Å²) < 4.78 is 36.0. The Labute approximate surface area is 208 Å². The topological polar surface area (TPSA) is 71.8 Å². The van der Waals surface area contributed by atoms with Gasteiger partial charge in [-0.2, -0.15) is 4.31 Å². The molecule has 0 spiro atoms. The maximum Gasteiger partial charge on any atom is 0.253 e. The zero-order valence-corrected chi connectivity index (χ0v) is 22.0. The summed E-state index contributed by atoms with van der Waals surface area (Å²) in [6.07, 6.45) is 2.92. The quantitative estimate of drug-likeness (QED) is 0.452. The van der Waals surface area contributed by atoms with E-state index in [9.17, 15) is 13.2 Å². The van der Waals surface area contributed by atoms with E-state index >= 15 is 0 Å². The number of sulfonamides is 1. The summed E-state index contributed by atoms with van der Waals surface area (Å²) >= 11 is 0. The molecule has 3 aromatic rings. The van der Waals surface area contributed by atoms with Gasteiger partial charge < -0.3 is 14.2 Å². The lowest BCUT2D eigenvalue weighted by Gasteiger charge is -2.17. The SMILES string of the molecule is CCN(C)C(=O)c1ccc2c(C3CCN(S(=O)(=O)c4ccc(OC(C)C)cc4)C3)cn(CC)c2c1. The second-order valence-electron chi connectivity index (χ2n) is 9.41. The zero-order valence-electron chi connectivity index (χ0n) is 21.2. The molecule has 1 aromatic heterocycles. The molecule has 7 nitrogen and oxygen atoms in total. The van der Waals surface area contributed by atoms with Crippen LogP contribution < -0.4 is 4.74 Å². The lowest BCUT2D eigenvalue weighted by Crippen LogP contribution is -2.28. The van der Waals surface area contributed by atoms with Crippen molar-refractivity contribution in [3.8, 4) is 5.75 Å². The van der Waals surface area contributed by atoms with E-state index in [1.165, 1.54) is 0 Å². The fraction of sp³-hybridized carbons (Fsp3) is 0.444. The second-order valence-corrected chi connectivity index (χ2v) is 11.3. The van der Waals surface area contributed by atoms with Crippen LogP contribution in [0.1, 0.15) is 56.0 Å². The number of rotatable bonds is 8. The van der Waals surface area contributed by atoms with Gasteiger partial charge >= 0.3 is 0 Å². The predicted octanol–water partition coefficient (Wildman–Crippen LogP) is 4.72. The summed E-state index contributed by atoms with van der Waals surface area (Å²) in [5.74, 6) is 0.764. The van der Waals surface area contributed by atoms with E-state index in [1.807, 2.05) is 39.0 Å². The number of hydrogen-bond donors (Lipinski definition) is 0. The highest BCUT2D eigenvalue weighted by Crippen LogP contribution is 2.36. The van der Waals surface area contributed by atoms with Crippen LogP contribution in [0.15, 0.2) is 53.6 Å². The lowest BCUT2D eigenvalue weighted by molar-refractivity contribution is 0.0802. The van der Waals surface area contributed by atoms with Crippen molar-refractivity contribution in [3.05, 3.63) is 59.8 Å². The van der Waals surface area contributed by atoms with E-state index in [2.05, 4.69) is 17.7 Å². The van der Waals surface area contributed by atoms with Gasteiger partial charge in [0.25, 0.3) is 5.91 Å². The number of carbonyl (C=O) groups is 1. The normalized spacial score (nSPS) is 16.8. The molecule has 188 valence electrons. The molecular formula is C27H35N3O4S. The van der Waals surface area contributed by atoms with Crippen LogP contribution in [0.4, 0.5) is 0 Å². The molecule has 35 heavy (non-hydrogen) atoms. The first-order valence-electron chi connectivity index (χ1n) is 12.3. The number of hydrogen-bond acceptors (Lipinski definition) is 4. The van der Waals surface area contributed by atoms with E-state index in [0.717, 1.165) is 29.4 Å². The smallest absolute Gasteiger partial charge is 0.253 e. The number of aryl methyl sites for hydroxylation is 1. The van der Waals surface area contributed by atoms with E-state index in [1.54, 1.807) is 40.5 Å². The Kier molecular flexibility index (Phi) is 7.24. The molecule has 0 radical (unpaired) electrons. The van der Waals surface area contributed by atoms with Crippen LogP contribution in [0.2, 0.25) is 0 Å². The van der Waals surface area contributed by atoms with Gasteiger partial charge in [0.15, 0.2) is 0 Å². The van der Waals surface area contributed by atoms with Gasteiger partial charge in [0.05, 0.1) is 11.0 Å². The molecule has 4 rings (SSSR count). The molecule has 2 aromatic carbocycles. The third-order valence-electron chi connectivity index (χ3n) is 6.75. The van der Waals surface area contributed by atoms with Crippen LogP contribution >= 0.6 is 0 Å². The molecule has 2 heterocycles. The molecule has 1 aliphatic rings. The van der Waals surface area contributed by atoms with Gasteiger partial charge in [-0.05, 0) is 76.1 Å². The Morgan fingerprint density at radius 2 is 1.86 bits per heavy atom. The zero-order chi connectivity index (χ0) is 25.3. The first kappa shape index (κ1) is 25.3. The Morgan fingerprint density at radius 1 is 1.14 bits per heavy atom. The average molecular weight is 498 g/mol. The summed E-state index contributed by atoms with van der Waals surface area (Å²) in [6, 6.07) is 12.5. The molecule has 0 bridgehead atoms. The minimum Gasteiger partial charge on any atom is -0.491 e. The summed E-state index contributed by atoms with van der Waals surface area (Å²) in [6.45, 7) is 10.3. The average Bonchev–Trinajstić information content (AvgIpc) is 3.48. The number of fused-ring (bicyclic) bond motifs is 1. The second kappa shape index (κ2) is 10.0. The molecule has 1 atom stereocenters. The number of carbonyl (C=O) groups excluding carboxylic acids is 1. The molecule has 0 N–H and O–H groups in total. The van der Waals surface area contributed by atoms with Gasteiger partial charge in [-0.15, -0.1) is 0 Å². The van der Waals surface area contributed by atoms with E-state index in [0.29, 0.717) is 30.9 Å². The van der Waals surface area contributed by atoms with Crippen molar-refractivity contribution in [2.75, 3.05) is 26.7 Å². The van der Waals surface area contributed by atoms with Crippen LogP contribution in [0.5, 0.6) is 5.75 Å². The largest absolute Gasteiger partial charge is 0.491 e. The minimum atomic E-state index is -3.59. The molecule has 0 aliphatic carbocycles. The number of amides is 1. The van der Waals surface area contributed by atoms with Gasteiger partial charge in [0.1, 0.15) is 5.75 Å².